The number of amides is 2. The van der Waals surface area contributed by atoms with Crippen LogP contribution in [0, 0.1) is 5.82 Å². The number of alkyl halides is 9. The fourth-order valence-electron chi connectivity index (χ4n) is 3.57. The SMILES string of the molecule is NC(=O)c1cccc(-c2cccc(C(=O)Nc3c(Br)cc(C(F)(C(F)(F)F)C(F)(F)C(F)(F)F)cc3Br)c2)c1F. The van der Waals surface area contributed by atoms with Gasteiger partial charge in [-0.05, 0) is 67.8 Å². The molecule has 0 aliphatic rings. The van der Waals surface area contributed by atoms with Gasteiger partial charge in [0, 0.05) is 25.6 Å². The zero-order valence-electron chi connectivity index (χ0n) is 19.1. The summed E-state index contributed by atoms with van der Waals surface area (Å²) in [6.07, 6.45) is -13.6. The van der Waals surface area contributed by atoms with Crippen molar-refractivity contribution in [1.82, 2.24) is 0 Å². The Morgan fingerprint density at radius 1 is 0.775 bits per heavy atom. The van der Waals surface area contributed by atoms with Gasteiger partial charge in [0.2, 0.25) is 0 Å². The first-order valence-corrected chi connectivity index (χ1v) is 12.0. The largest absolute Gasteiger partial charge is 0.457 e. The predicted molar refractivity (Wildman–Crippen MR) is 130 cm³/mol. The third-order valence-corrected chi connectivity index (χ3v) is 6.81. The van der Waals surface area contributed by atoms with Crippen LogP contribution in [0.25, 0.3) is 11.1 Å². The molecule has 3 aromatic rings. The van der Waals surface area contributed by atoms with E-state index in [1.165, 1.54) is 30.3 Å². The number of benzene rings is 3. The number of anilines is 1. The number of nitrogens with two attached hydrogens (primary N) is 1. The minimum absolute atomic E-state index is 0.0225. The Bertz CT molecular complexity index is 1470. The van der Waals surface area contributed by atoms with Crippen molar-refractivity contribution in [3.63, 3.8) is 0 Å². The molecule has 1 atom stereocenters. The second-order valence-electron chi connectivity index (χ2n) is 8.11. The van der Waals surface area contributed by atoms with Crippen LogP contribution in [0.2, 0.25) is 0 Å². The van der Waals surface area contributed by atoms with Crippen LogP contribution in [0.4, 0.5) is 49.6 Å². The summed E-state index contributed by atoms with van der Waals surface area (Å²) >= 11 is 5.32. The molecule has 0 spiro atoms. The van der Waals surface area contributed by atoms with Crippen LogP contribution in [0.3, 0.4) is 0 Å². The summed E-state index contributed by atoms with van der Waals surface area (Å²) in [6.45, 7) is 0. The fourth-order valence-corrected chi connectivity index (χ4v) is 4.95. The van der Waals surface area contributed by atoms with E-state index >= 15 is 0 Å². The third kappa shape index (κ3) is 5.42. The molecule has 0 fully saturated rings. The predicted octanol–water partition coefficient (Wildman–Crippen LogP) is 8.29. The van der Waals surface area contributed by atoms with Crippen LogP contribution >= 0.6 is 31.9 Å². The summed E-state index contributed by atoms with van der Waals surface area (Å²) in [7, 11) is 0. The number of hydrogen-bond donors (Lipinski definition) is 2. The van der Waals surface area contributed by atoms with E-state index in [-0.39, 0.29) is 28.8 Å². The molecule has 0 aromatic heterocycles. The summed E-state index contributed by atoms with van der Waals surface area (Å²) in [5, 5.41) is 2.19. The minimum Gasteiger partial charge on any atom is -0.366 e. The highest BCUT2D eigenvalue weighted by Gasteiger charge is 2.81. The molecule has 3 rings (SSSR count). The molecule has 1 unspecified atom stereocenters. The molecular formula is C24H12Br2F10N2O2. The zero-order valence-corrected chi connectivity index (χ0v) is 22.3. The number of halogens is 12. The maximum absolute atomic E-state index is 14.9. The molecule has 0 saturated carbocycles. The van der Waals surface area contributed by atoms with Gasteiger partial charge in [-0.2, -0.15) is 35.1 Å². The number of carbonyl (C=O) groups is 2. The average Bonchev–Trinajstić information content (AvgIpc) is 2.84. The van der Waals surface area contributed by atoms with Crippen LogP contribution in [-0.2, 0) is 5.67 Å². The topological polar surface area (TPSA) is 72.2 Å². The van der Waals surface area contributed by atoms with Gasteiger partial charge in [0.15, 0.2) is 0 Å². The van der Waals surface area contributed by atoms with Gasteiger partial charge in [0.25, 0.3) is 11.8 Å². The Balaban J connectivity index is 2.02. The van der Waals surface area contributed by atoms with Gasteiger partial charge >= 0.3 is 23.9 Å². The molecule has 3 N–H and O–H groups in total. The number of primary amides is 1. The van der Waals surface area contributed by atoms with Crippen molar-refractivity contribution in [2.75, 3.05) is 5.32 Å². The van der Waals surface area contributed by atoms with E-state index in [1.807, 2.05) is 0 Å². The smallest absolute Gasteiger partial charge is 0.366 e. The van der Waals surface area contributed by atoms with E-state index in [9.17, 15) is 53.5 Å². The lowest BCUT2D eigenvalue weighted by Crippen LogP contribution is -2.59. The van der Waals surface area contributed by atoms with Crippen molar-refractivity contribution in [1.29, 1.82) is 0 Å². The Morgan fingerprint density at radius 2 is 1.32 bits per heavy atom. The van der Waals surface area contributed by atoms with Crippen LogP contribution < -0.4 is 11.1 Å². The van der Waals surface area contributed by atoms with Crippen molar-refractivity contribution in [3.05, 3.63) is 86.1 Å². The average molecular weight is 710 g/mol. The van der Waals surface area contributed by atoms with E-state index in [0.29, 0.717) is 0 Å². The normalized spacial score (nSPS) is 14.0. The van der Waals surface area contributed by atoms with Crippen molar-refractivity contribution < 1.29 is 53.5 Å². The summed E-state index contributed by atoms with van der Waals surface area (Å²) in [4.78, 5) is 24.3. The number of nitrogens with one attached hydrogen (secondary N) is 1. The molecule has 0 radical (unpaired) electrons. The van der Waals surface area contributed by atoms with Crippen molar-refractivity contribution in [2.45, 2.75) is 23.9 Å². The van der Waals surface area contributed by atoms with Crippen molar-refractivity contribution in [2.24, 2.45) is 5.73 Å². The Kier molecular flexibility index (Phi) is 8.39. The Labute approximate surface area is 234 Å². The molecule has 2 amide bonds. The lowest BCUT2D eigenvalue weighted by Gasteiger charge is -2.36. The Morgan fingerprint density at radius 3 is 1.82 bits per heavy atom. The second-order valence-corrected chi connectivity index (χ2v) is 9.82. The zero-order chi connectivity index (χ0) is 30.4. The maximum Gasteiger partial charge on any atom is 0.457 e. The summed E-state index contributed by atoms with van der Waals surface area (Å²) < 4.78 is 134. The molecule has 0 aliphatic heterocycles. The first-order valence-electron chi connectivity index (χ1n) is 10.4. The molecule has 0 aliphatic carbocycles. The highest BCUT2D eigenvalue weighted by Crippen LogP contribution is 2.59. The van der Waals surface area contributed by atoms with Crippen molar-refractivity contribution in [3.8, 4) is 11.1 Å². The molecule has 3 aromatic carbocycles. The van der Waals surface area contributed by atoms with E-state index in [2.05, 4.69) is 37.2 Å². The molecule has 214 valence electrons. The van der Waals surface area contributed by atoms with E-state index in [1.54, 1.807) is 0 Å². The fraction of sp³-hybridized carbons (Fsp3) is 0.167. The van der Waals surface area contributed by atoms with E-state index in [4.69, 9.17) is 5.73 Å². The number of hydrogen-bond acceptors (Lipinski definition) is 2. The molecular weight excluding hydrogens is 698 g/mol. The van der Waals surface area contributed by atoms with Crippen LogP contribution in [0.1, 0.15) is 26.3 Å². The quantitative estimate of drug-likeness (QED) is 0.253. The van der Waals surface area contributed by atoms with Crippen LogP contribution in [0.5, 0.6) is 0 Å². The summed E-state index contributed by atoms with van der Waals surface area (Å²) in [6, 6.07) is 8.86. The number of rotatable bonds is 6. The van der Waals surface area contributed by atoms with Crippen molar-refractivity contribution >= 4 is 49.4 Å². The first kappa shape index (κ1) is 31.4. The Hall–Kier alpha value is -3.14. The molecule has 0 saturated heterocycles. The van der Waals surface area contributed by atoms with Gasteiger partial charge in [0.05, 0.1) is 11.3 Å². The maximum atomic E-state index is 14.9. The van der Waals surface area contributed by atoms with Crippen LogP contribution in [-0.4, -0.2) is 30.1 Å². The molecule has 0 bridgehead atoms. The van der Waals surface area contributed by atoms with E-state index in [0.717, 1.165) is 12.1 Å². The standard InChI is InChI=1S/C24H12Br2F10N2O2/c25-15-8-12(21(28,23(31,32)33)22(29,30)24(34,35)36)9-16(26)18(15)38-20(40)11-4-1-3-10(7-11)13-5-2-6-14(17(13)27)19(37)39/h1-9H,(H2,37,39)(H,38,40). The monoisotopic (exact) mass is 708 g/mol. The minimum atomic E-state index is -6.91. The lowest BCUT2D eigenvalue weighted by molar-refractivity contribution is -0.389. The molecule has 0 heterocycles. The highest BCUT2D eigenvalue weighted by molar-refractivity contribution is 9.11. The third-order valence-electron chi connectivity index (χ3n) is 5.56. The van der Waals surface area contributed by atoms with Crippen LogP contribution in [0.15, 0.2) is 63.5 Å². The highest BCUT2D eigenvalue weighted by atomic mass is 79.9. The molecule has 40 heavy (non-hydrogen) atoms. The molecule has 16 heteroatoms. The van der Waals surface area contributed by atoms with Gasteiger partial charge in [-0.1, -0.05) is 24.3 Å². The van der Waals surface area contributed by atoms with Gasteiger partial charge in [-0.3, -0.25) is 9.59 Å². The second kappa shape index (κ2) is 10.7. The first-order chi connectivity index (χ1) is 18.2. The van der Waals surface area contributed by atoms with Gasteiger partial charge < -0.3 is 11.1 Å². The lowest BCUT2D eigenvalue weighted by atomic mass is 9.87. The van der Waals surface area contributed by atoms with E-state index < -0.39 is 67.3 Å². The molecule has 4 nitrogen and oxygen atoms in total. The van der Waals surface area contributed by atoms with Gasteiger partial charge in [-0.25, -0.2) is 8.78 Å². The summed E-state index contributed by atoms with van der Waals surface area (Å²) in [5.74, 6) is -9.92. The summed E-state index contributed by atoms with van der Waals surface area (Å²) in [5.41, 5.74) is -4.25. The van der Waals surface area contributed by atoms with Gasteiger partial charge in [-0.15, -0.1) is 0 Å². The van der Waals surface area contributed by atoms with Gasteiger partial charge in [0.1, 0.15) is 5.82 Å². The number of carbonyl (C=O) groups excluding carboxylic acids is 2.